The van der Waals surface area contributed by atoms with Gasteiger partial charge in [-0.3, -0.25) is 0 Å². The van der Waals surface area contributed by atoms with Crippen LogP contribution in [0.2, 0.25) is 0 Å². The van der Waals surface area contributed by atoms with E-state index in [2.05, 4.69) is 18.7 Å². The largest absolute Gasteiger partial charge is 0.327 e. The Hall–Kier alpha value is -0.930. The molecule has 2 nitrogen and oxygen atoms in total. The van der Waals surface area contributed by atoms with Crippen LogP contribution in [0.15, 0.2) is 24.3 Å². The van der Waals surface area contributed by atoms with Crippen molar-refractivity contribution in [1.29, 1.82) is 0 Å². The van der Waals surface area contributed by atoms with Gasteiger partial charge >= 0.3 is 0 Å². The molecule has 0 aromatic heterocycles. The van der Waals surface area contributed by atoms with Crippen LogP contribution in [0, 0.1) is 11.2 Å². The van der Waals surface area contributed by atoms with E-state index in [0.717, 1.165) is 18.7 Å². The van der Waals surface area contributed by atoms with Crippen molar-refractivity contribution >= 4 is 0 Å². The average molecular weight is 238 g/mol. The number of halogens is 1. The first kappa shape index (κ1) is 14.1. The summed E-state index contributed by atoms with van der Waals surface area (Å²) in [5.41, 5.74) is 7.00. The zero-order chi connectivity index (χ0) is 13.1. The Balaban J connectivity index is 2.58. The lowest BCUT2D eigenvalue weighted by Gasteiger charge is -2.33. The Morgan fingerprint density at radius 2 is 2.06 bits per heavy atom. The second-order valence-electron chi connectivity index (χ2n) is 5.58. The van der Waals surface area contributed by atoms with E-state index in [-0.39, 0.29) is 17.3 Å². The van der Waals surface area contributed by atoms with Crippen molar-refractivity contribution in [2.24, 2.45) is 11.1 Å². The Bertz CT molecular complexity index is 361. The normalized spacial score (nSPS) is 14.1. The highest BCUT2D eigenvalue weighted by atomic mass is 19.1. The van der Waals surface area contributed by atoms with Gasteiger partial charge in [-0.25, -0.2) is 4.39 Å². The van der Waals surface area contributed by atoms with Gasteiger partial charge in [-0.1, -0.05) is 26.0 Å². The summed E-state index contributed by atoms with van der Waals surface area (Å²) in [7, 11) is 2.04. The van der Waals surface area contributed by atoms with Gasteiger partial charge in [0.05, 0.1) is 0 Å². The molecule has 1 unspecified atom stereocenters. The molecule has 17 heavy (non-hydrogen) atoms. The Morgan fingerprint density at radius 3 is 2.59 bits per heavy atom. The van der Waals surface area contributed by atoms with Gasteiger partial charge < -0.3 is 10.6 Å². The molecule has 0 saturated heterocycles. The molecule has 96 valence electrons. The third-order valence-electron chi connectivity index (χ3n) is 3.25. The van der Waals surface area contributed by atoms with Crippen LogP contribution in [0.4, 0.5) is 4.39 Å². The van der Waals surface area contributed by atoms with Crippen molar-refractivity contribution < 1.29 is 4.39 Å². The van der Waals surface area contributed by atoms with Gasteiger partial charge in [0.25, 0.3) is 0 Å². The molecule has 0 radical (unpaired) electrons. The van der Waals surface area contributed by atoms with Crippen LogP contribution in [-0.2, 0) is 6.54 Å². The Labute approximate surface area is 104 Å². The highest BCUT2D eigenvalue weighted by molar-refractivity contribution is 5.16. The van der Waals surface area contributed by atoms with Crippen LogP contribution in [-0.4, -0.2) is 24.5 Å². The minimum absolute atomic E-state index is 0.0576. The first-order valence-electron chi connectivity index (χ1n) is 6.00. The summed E-state index contributed by atoms with van der Waals surface area (Å²) in [6.45, 7) is 7.96. The molecule has 1 atom stereocenters. The number of hydrogen-bond acceptors (Lipinski definition) is 2. The van der Waals surface area contributed by atoms with Gasteiger partial charge in [-0.2, -0.15) is 0 Å². The Morgan fingerprint density at radius 1 is 1.41 bits per heavy atom. The molecule has 0 heterocycles. The van der Waals surface area contributed by atoms with Crippen LogP contribution in [0.5, 0.6) is 0 Å². The fourth-order valence-electron chi connectivity index (χ4n) is 1.84. The van der Waals surface area contributed by atoms with E-state index in [0.29, 0.717) is 0 Å². The van der Waals surface area contributed by atoms with Crippen LogP contribution in [0.3, 0.4) is 0 Å². The van der Waals surface area contributed by atoms with Crippen molar-refractivity contribution in [1.82, 2.24) is 4.90 Å². The first-order chi connectivity index (χ1) is 7.81. The predicted octanol–water partition coefficient (Wildman–Crippen LogP) is 2.63. The molecule has 0 aliphatic heterocycles. The predicted molar refractivity (Wildman–Crippen MR) is 70.2 cm³/mol. The molecular formula is C14H23FN2. The second-order valence-corrected chi connectivity index (χ2v) is 5.58. The SMILES string of the molecule is CC(N)C(C)(C)CN(C)Cc1cccc(F)c1. The maximum atomic E-state index is 13.0. The number of hydrogen-bond donors (Lipinski definition) is 1. The summed E-state index contributed by atoms with van der Waals surface area (Å²) in [6.07, 6.45) is 0. The maximum absolute atomic E-state index is 13.0. The molecule has 1 aromatic rings. The fraction of sp³-hybridized carbons (Fsp3) is 0.571. The van der Waals surface area contributed by atoms with Gasteiger partial charge in [0.2, 0.25) is 0 Å². The van der Waals surface area contributed by atoms with Crippen LogP contribution in [0.1, 0.15) is 26.3 Å². The smallest absolute Gasteiger partial charge is 0.123 e. The number of nitrogens with two attached hydrogens (primary N) is 1. The zero-order valence-corrected chi connectivity index (χ0v) is 11.2. The fourth-order valence-corrected chi connectivity index (χ4v) is 1.84. The second kappa shape index (κ2) is 5.61. The molecule has 0 saturated carbocycles. The summed E-state index contributed by atoms with van der Waals surface area (Å²) >= 11 is 0. The van der Waals surface area contributed by atoms with Crippen molar-refractivity contribution in [3.05, 3.63) is 35.6 Å². The molecule has 0 amide bonds. The summed E-state index contributed by atoms with van der Waals surface area (Å²) in [4.78, 5) is 2.18. The third-order valence-corrected chi connectivity index (χ3v) is 3.25. The van der Waals surface area contributed by atoms with E-state index in [4.69, 9.17) is 5.73 Å². The Kier molecular flexibility index (Phi) is 4.66. The van der Waals surface area contributed by atoms with Crippen LogP contribution >= 0.6 is 0 Å². The van der Waals surface area contributed by atoms with E-state index in [9.17, 15) is 4.39 Å². The van der Waals surface area contributed by atoms with E-state index in [1.807, 2.05) is 20.0 Å². The third kappa shape index (κ3) is 4.44. The summed E-state index contributed by atoms with van der Waals surface area (Å²) in [5, 5.41) is 0. The zero-order valence-electron chi connectivity index (χ0n) is 11.2. The minimum atomic E-state index is -0.178. The summed E-state index contributed by atoms with van der Waals surface area (Å²) in [5.74, 6) is -0.178. The van der Waals surface area contributed by atoms with Crippen LogP contribution < -0.4 is 5.73 Å². The van der Waals surface area contributed by atoms with Gasteiger partial charge in [0, 0.05) is 19.1 Å². The van der Waals surface area contributed by atoms with Crippen molar-refractivity contribution in [2.45, 2.75) is 33.4 Å². The summed E-state index contributed by atoms with van der Waals surface area (Å²) < 4.78 is 13.0. The quantitative estimate of drug-likeness (QED) is 0.854. The monoisotopic (exact) mass is 238 g/mol. The van der Waals surface area contributed by atoms with Crippen molar-refractivity contribution in [3.8, 4) is 0 Å². The first-order valence-corrected chi connectivity index (χ1v) is 6.00. The van der Waals surface area contributed by atoms with Crippen LogP contribution in [0.25, 0.3) is 0 Å². The van der Waals surface area contributed by atoms with Gasteiger partial charge in [0.15, 0.2) is 0 Å². The molecule has 0 spiro atoms. The molecule has 0 fully saturated rings. The minimum Gasteiger partial charge on any atom is -0.327 e. The number of benzene rings is 1. The lowest BCUT2D eigenvalue weighted by Crippen LogP contribution is -2.42. The molecular weight excluding hydrogens is 215 g/mol. The van der Waals surface area contributed by atoms with E-state index in [1.165, 1.54) is 6.07 Å². The standard InChI is InChI=1S/C14H23FN2/c1-11(16)14(2,3)10-17(4)9-12-6-5-7-13(15)8-12/h5-8,11H,9-10,16H2,1-4H3. The van der Waals surface area contributed by atoms with Gasteiger partial charge in [-0.15, -0.1) is 0 Å². The molecule has 0 bridgehead atoms. The van der Waals surface area contributed by atoms with E-state index < -0.39 is 0 Å². The molecule has 0 aliphatic rings. The van der Waals surface area contributed by atoms with Gasteiger partial charge in [-0.05, 0) is 37.1 Å². The van der Waals surface area contributed by atoms with Crippen molar-refractivity contribution in [3.63, 3.8) is 0 Å². The molecule has 3 heteroatoms. The number of rotatable bonds is 5. The average Bonchev–Trinajstić information content (AvgIpc) is 2.15. The van der Waals surface area contributed by atoms with Gasteiger partial charge in [0.1, 0.15) is 5.82 Å². The lowest BCUT2D eigenvalue weighted by atomic mass is 9.85. The van der Waals surface area contributed by atoms with E-state index >= 15 is 0 Å². The molecule has 2 N–H and O–H groups in total. The van der Waals surface area contributed by atoms with Crippen molar-refractivity contribution in [2.75, 3.05) is 13.6 Å². The topological polar surface area (TPSA) is 29.3 Å². The molecule has 0 aliphatic carbocycles. The maximum Gasteiger partial charge on any atom is 0.123 e. The lowest BCUT2D eigenvalue weighted by molar-refractivity contribution is 0.178. The summed E-state index contributed by atoms with van der Waals surface area (Å²) in [6, 6.07) is 6.87. The highest BCUT2D eigenvalue weighted by Gasteiger charge is 2.24. The highest BCUT2D eigenvalue weighted by Crippen LogP contribution is 2.20. The molecule has 1 aromatic carbocycles. The number of nitrogens with zero attached hydrogens (tertiary/aromatic N) is 1. The van der Waals surface area contributed by atoms with E-state index in [1.54, 1.807) is 12.1 Å². The molecule has 1 rings (SSSR count).